The summed E-state index contributed by atoms with van der Waals surface area (Å²) < 4.78 is 7.23. The van der Waals surface area contributed by atoms with Crippen molar-refractivity contribution in [1.82, 2.24) is 0 Å². The van der Waals surface area contributed by atoms with E-state index in [1.54, 1.807) is 0 Å². The van der Waals surface area contributed by atoms with Crippen LogP contribution < -0.4 is 17.1 Å². The van der Waals surface area contributed by atoms with Crippen molar-refractivity contribution in [3.8, 4) is 5.75 Å². The van der Waals surface area contributed by atoms with E-state index in [2.05, 4.69) is 41.5 Å². The smallest absolute Gasteiger partial charge is 0.136 e. The number of thiophene rings is 1. The molecule has 0 unspecified atom stereocenters. The zero-order valence-electron chi connectivity index (χ0n) is 13.9. The Morgan fingerprint density at radius 3 is 1.90 bits per heavy atom. The SMILES string of the molecule is CC[N+](CC)(CC)CCCOc1c(C)sc(C)c1C.[Cl-]. The third-order valence-electron chi connectivity index (χ3n) is 4.53. The monoisotopic (exact) mass is 319 g/mol. The molecule has 0 N–H and O–H groups in total. The Kier molecular flexibility index (Phi) is 8.80. The third kappa shape index (κ3) is 4.64. The fraction of sp³-hybridized carbons (Fsp3) is 0.750. The highest BCUT2D eigenvalue weighted by Crippen LogP contribution is 2.33. The van der Waals surface area contributed by atoms with Crippen LogP contribution in [0.4, 0.5) is 0 Å². The van der Waals surface area contributed by atoms with Gasteiger partial charge in [0.15, 0.2) is 0 Å². The van der Waals surface area contributed by atoms with Crippen molar-refractivity contribution in [1.29, 1.82) is 0 Å². The van der Waals surface area contributed by atoms with Crippen LogP contribution in [0.5, 0.6) is 5.75 Å². The Labute approximate surface area is 135 Å². The third-order valence-corrected chi connectivity index (χ3v) is 5.63. The number of hydrogen-bond acceptors (Lipinski definition) is 2. The summed E-state index contributed by atoms with van der Waals surface area (Å²) in [6.07, 6.45) is 1.14. The van der Waals surface area contributed by atoms with Crippen LogP contribution in [0.1, 0.15) is 42.5 Å². The van der Waals surface area contributed by atoms with Gasteiger partial charge in [0.2, 0.25) is 0 Å². The standard InChI is InChI=1S/C16H30NOS.ClH/c1-7-17(8-2,9-3)11-10-12-18-16-13(4)14(5)19-15(16)6;/h7-12H2,1-6H3;1H/q+1;/p-1. The Hall–Kier alpha value is -0.250. The van der Waals surface area contributed by atoms with Gasteiger partial charge >= 0.3 is 0 Å². The van der Waals surface area contributed by atoms with Crippen molar-refractivity contribution in [2.75, 3.05) is 32.8 Å². The summed E-state index contributed by atoms with van der Waals surface area (Å²) >= 11 is 1.84. The molecule has 0 bridgehead atoms. The number of ether oxygens (including phenoxy) is 1. The topological polar surface area (TPSA) is 9.23 Å². The first-order chi connectivity index (χ1) is 8.99. The lowest BCUT2D eigenvalue weighted by Gasteiger charge is -2.35. The molecule has 1 heterocycles. The van der Waals surface area contributed by atoms with Gasteiger partial charge < -0.3 is 21.6 Å². The van der Waals surface area contributed by atoms with Crippen molar-refractivity contribution < 1.29 is 21.6 Å². The van der Waals surface area contributed by atoms with E-state index < -0.39 is 0 Å². The summed E-state index contributed by atoms with van der Waals surface area (Å²) in [6.45, 7) is 19.1. The maximum Gasteiger partial charge on any atom is 0.136 e. The molecule has 0 fully saturated rings. The van der Waals surface area contributed by atoms with Crippen LogP contribution in [0.2, 0.25) is 0 Å². The Bertz CT molecular complexity index is 391. The van der Waals surface area contributed by atoms with Crippen LogP contribution in [0, 0.1) is 20.8 Å². The van der Waals surface area contributed by atoms with Crippen LogP contribution in [0.3, 0.4) is 0 Å². The molecule has 4 heteroatoms. The van der Waals surface area contributed by atoms with Crippen molar-refractivity contribution >= 4 is 11.3 Å². The van der Waals surface area contributed by atoms with Crippen molar-refractivity contribution in [2.45, 2.75) is 48.0 Å². The van der Waals surface area contributed by atoms with Gasteiger partial charge in [-0.15, -0.1) is 11.3 Å². The second-order valence-electron chi connectivity index (χ2n) is 5.38. The summed E-state index contributed by atoms with van der Waals surface area (Å²) in [5, 5.41) is 0. The molecule has 0 radical (unpaired) electrons. The van der Waals surface area contributed by atoms with E-state index in [1.165, 1.54) is 46.0 Å². The number of halogens is 1. The molecular weight excluding hydrogens is 290 g/mol. The quantitative estimate of drug-likeness (QED) is 0.519. The molecule has 0 aromatic carbocycles. The number of rotatable bonds is 8. The maximum atomic E-state index is 6.02. The molecule has 118 valence electrons. The number of hydrogen-bond donors (Lipinski definition) is 0. The Balaban J connectivity index is 0.00000361. The number of quaternary nitrogens is 1. The van der Waals surface area contributed by atoms with Crippen LogP contribution >= 0.6 is 11.3 Å². The first kappa shape index (κ1) is 19.8. The summed E-state index contributed by atoms with van der Waals surface area (Å²) in [5.41, 5.74) is 1.32. The molecule has 1 aromatic rings. The lowest BCUT2D eigenvalue weighted by atomic mass is 10.2. The van der Waals surface area contributed by atoms with Crippen LogP contribution in [0.15, 0.2) is 0 Å². The molecule has 0 saturated carbocycles. The molecule has 0 atom stereocenters. The second kappa shape index (κ2) is 8.91. The van der Waals surface area contributed by atoms with Gasteiger partial charge in [-0.2, -0.15) is 0 Å². The van der Waals surface area contributed by atoms with Gasteiger partial charge in [0.05, 0.1) is 32.8 Å². The summed E-state index contributed by atoms with van der Waals surface area (Å²) in [4.78, 5) is 2.70. The van der Waals surface area contributed by atoms with Gasteiger partial charge in [-0.3, -0.25) is 0 Å². The molecular formula is C16H30ClNOS. The van der Waals surface area contributed by atoms with E-state index in [1.807, 2.05) is 11.3 Å². The van der Waals surface area contributed by atoms with E-state index in [4.69, 9.17) is 4.74 Å². The molecule has 20 heavy (non-hydrogen) atoms. The molecule has 0 aliphatic carbocycles. The molecule has 0 aliphatic heterocycles. The molecule has 0 amide bonds. The second-order valence-corrected chi connectivity index (χ2v) is 6.81. The van der Waals surface area contributed by atoms with E-state index in [0.717, 1.165) is 18.8 Å². The Morgan fingerprint density at radius 2 is 1.50 bits per heavy atom. The minimum absolute atomic E-state index is 0. The van der Waals surface area contributed by atoms with Gasteiger partial charge in [-0.1, -0.05) is 0 Å². The molecule has 1 rings (SSSR count). The largest absolute Gasteiger partial charge is 1.00 e. The molecule has 0 saturated heterocycles. The predicted octanol–water partition coefficient (Wildman–Crippen LogP) is 1.32. The van der Waals surface area contributed by atoms with Crippen molar-refractivity contribution in [2.24, 2.45) is 0 Å². The first-order valence-electron chi connectivity index (χ1n) is 7.54. The van der Waals surface area contributed by atoms with Gasteiger partial charge in [-0.25, -0.2) is 0 Å². The number of aryl methyl sites for hydroxylation is 2. The lowest BCUT2D eigenvalue weighted by Crippen LogP contribution is -3.00. The van der Waals surface area contributed by atoms with Gasteiger partial charge in [0.25, 0.3) is 0 Å². The van der Waals surface area contributed by atoms with Crippen molar-refractivity contribution in [3.63, 3.8) is 0 Å². The average Bonchev–Trinajstić information content (AvgIpc) is 2.65. The summed E-state index contributed by atoms with van der Waals surface area (Å²) in [5.74, 6) is 1.13. The van der Waals surface area contributed by atoms with E-state index in [9.17, 15) is 0 Å². The van der Waals surface area contributed by atoms with E-state index in [0.29, 0.717) is 0 Å². The highest BCUT2D eigenvalue weighted by Gasteiger charge is 2.20. The molecule has 2 nitrogen and oxygen atoms in total. The van der Waals surface area contributed by atoms with E-state index >= 15 is 0 Å². The minimum atomic E-state index is 0. The highest BCUT2D eigenvalue weighted by atomic mass is 35.5. The normalized spacial score (nSPS) is 11.3. The zero-order chi connectivity index (χ0) is 14.5. The Morgan fingerprint density at radius 1 is 0.950 bits per heavy atom. The summed E-state index contributed by atoms with van der Waals surface area (Å²) in [7, 11) is 0. The number of nitrogens with zero attached hydrogens (tertiary/aromatic N) is 1. The van der Waals surface area contributed by atoms with Crippen LogP contribution in [-0.2, 0) is 0 Å². The first-order valence-corrected chi connectivity index (χ1v) is 8.35. The molecule has 0 aliphatic rings. The van der Waals surface area contributed by atoms with Gasteiger partial charge in [0, 0.05) is 21.7 Å². The lowest BCUT2D eigenvalue weighted by molar-refractivity contribution is -0.923. The van der Waals surface area contributed by atoms with E-state index in [-0.39, 0.29) is 12.4 Å². The molecule has 0 spiro atoms. The maximum absolute atomic E-state index is 6.02. The predicted molar refractivity (Wildman–Crippen MR) is 85.4 cm³/mol. The highest BCUT2D eigenvalue weighted by molar-refractivity contribution is 7.12. The van der Waals surface area contributed by atoms with Crippen molar-refractivity contribution in [3.05, 3.63) is 15.3 Å². The van der Waals surface area contributed by atoms with Crippen LogP contribution in [-0.4, -0.2) is 37.3 Å². The van der Waals surface area contributed by atoms with Crippen LogP contribution in [0.25, 0.3) is 0 Å². The zero-order valence-corrected chi connectivity index (χ0v) is 15.5. The van der Waals surface area contributed by atoms with Gasteiger partial charge in [0.1, 0.15) is 5.75 Å². The fourth-order valence-electron chi connectivity index (χ4n) is 2.71. The van der Waals surface area contributed by atoms with Gasteiger partial charge in [-0.05, 0) is 41.5 Å². The fourth-order valence-corrected chi connectivity index (χ4v) is 3.72. The average molecular weight is 320 g/mol. The minimum Gasteiger partial charge on any atom is -1.00 e. The molecule has 1 aromatic heterocycles. The summed E-state index contributed by atoms with van der Waals surface area (Å²) in [6, 6.07) is 0.